The molecule has 2 rings (SSSR count). The fourth-order valence-corrected chi connectivity index (χ4v) is 3.92. The molecule has 0 unspecified atom stereocenters. The summed E-state index contributed by atoms with van der Waals surface area (Å²) in [5, 5.41) is 17.7. The van der Waals surface area contributed by atoms with Gasteiger partial charge in [0.2, 0.25) is 0 Å². The second-order valence-electron chi connectivity index (χ2n) is 7.98. The van der Waals surface area contributed by atoms with Gasteiger partial charge in [0.15, 0.2) is 0 Å². The van der Waals surface area contributed by atoms with Crippen molar-refractivity contribution in [2.75, 3.05) is 0 Å². The van der Waals surface area contributed by atoms with Gasteiger partial charge in [-0.2, -0.15) is 0 Å². The Labute approximate surface area is 189 Å². The number of nitrogens with zero attached hydrogens (tertiary/aromatic N) is 3. The zero-order valence-corrected chi connectivity index (χ0v) is 19.8. The lowest BCUT2D eigenvalue weighted by Gasteiger charge is -2.03. The minimum atomic E-state index is -0.912. The van der Waals surface area contributed by atoms with Crippen molar-refractivity contribution in [3.05, 3.63) is 76.7 Å². The summed E-state index contributed by atoms with van der Waals surface area (Å²) in [6.07, 6.45) is 13.1. The molecule has 0 atom stereocenters. The summed E-state index contributed by atoms with van der Waals surface area (Å²) in [6.45, 7) is 9.34. The SMILES string of the molecule is CC(C)=CCC/C(C)=C/CC/C(C)=C/Cn1cc(CSc2ccccc2C(=O)O)nn1. The number of hydrogen-bond donors (Lipinski definition) is 1. The minimum Gasteiger partial charge on any atom is -0.478 e. The Morgan fingerprint density at radius 1 is 1.03 bits per heavy atom. The molecule has 0 spiro atoms. The van der Waals surface area contributed by atoms with Gasteiger partial charge in [0, 0.05) is 16.8 Å². The average molecular weight is 440 g/mol. The van der Waals surface area contributed by atoms with E-state index in [4.69, 9.17) is 0 Å². The molecule has 0 aliphatic carbocycles. The Hall–Kier alpha value is -2.60. The van der Waals surface area contributed by atoms with Crippen LogP contribution in [0.1, 0.15) is 69.4 Å². The first-order chi connectivity index (χ1) is 14.8. The van der Waals surface area contributed by atoms with E-state index in [1.165, 1.54) is 28.5 Å². The number of aromatic nitrogens is 3. The highest BCUT2D eigenvalue weighted by atomic mass is 32.2. The number of benzene rings is 1. The molecule has 0 bridgehead atoms. The molecule has 6 heteroatoms. The van der Waals surface area contributed by atoms with Crippen LogP contribution in [0.2, 0.25) is 0 Å². The van der Waals surface area contributed by atoms with Gasteiger partial charge in [-0.25, -0.2) is 9.48 Å². The van der Waals surface area contributed by atoms with E-state index in [1.54, 1.807) is 12.1 Å². The Kier molecular flexibility index (Phi) is 10.3. The van der Waals surface area contributed by atoms with Gasteiger partial charge in [-0.1, -0.05) is 52.3 Å². The van der Waals surface area contributed by atoms with Gasteiger partial charge in [-0.05, 0) is 65.5 Å². The average Bonchev–Trinajstić information content (AvgIpc) is 3.18. The third kappa shape index (κ3) is 9.39. The normalized spacial score (nSPS) is 12.1. The summed E-state index contributed by atoms with van der Waals surface area (Å²) in [5.74, 6) is -0.325. The number of aromatic carboxylic acids is 1. The first-order valence-corrected chi connectivity index (χ1v) is 11.6. The van der Waals surface area contributed by atoms with E-state index in [0.29, 0.717) is 17.9 Å². The Bertz CT molecular complexity index is 953. The number of carboxylic acids is 1. The van der Waals surface area contributed by atoms with Crippen molar-refractivity contribution < 1.29 is 9.90 Å². The van der Waals surface area contributed by atoms with Crippen LogP contribution in [0.3, 0.4) is 0 Å². The lowest BCUT2D eigenvalue weighted by molar-refractivity contribution is 0.0693. The molecule has 0 saturated carbocycles. The van der Waals surface area contributed by atoms with E-state index < -0.39 is 5.97 Å². The molecule has 0 aliphatic rings. The fraction of sp³-hybridized carbons (Fsp3) is 0.400. The van der Waals surface area contributed by atoms with Gasteiger partial charge in [-0.15, -0.1) is 16.9 Å². The number of allylic oxidation sites excluding steroid dienone is 6. The predicted octanol–water partition coefficient (Wildman–Crippen LogP) is 6.69. The Morgan fingerprint density at radius 3 is 2.42 bits per heavy atom. The molecule has 5 nitrogen and oxygen atoms in total. The molecule has 0 radical (unpaired) electrons. The summed E-state index contributed by atoms with van der Waals surface area (Å²) >= 11 is 1.46. The molecule has 0 saturated heterocycles. The monoisotopic (exact) mass is 439 g/mol. The third-order valence-corrected chi connectivity index (χ3v) is 5.94. The molecule has 166 valence electrons. The number of hydrogen-bond acceptors (Lipinski definition) is 4. The molecule has 0 aliphatic heterocycles. The van der Waals surface area contributed by atoms with Crippen LogP contribution < -0.4 is 0 Å². The second-order valence-corrected chi connectivity index (χ2v) is 9.00. The van der Waals surface area contributed by atoms with Gasteiger partial charge in [0.05, 0.1) is 17.8 Å². The van der Waals surface area contributed by atoms with Crippen LogP contribution in [0.5, 0.6) is 0 Å². The van der Waals surface area contributed by atoms with Gasteiger partial charge >= 0.3 is 5.97 Å². The van der Waals surface area contributed by atoms with Gasteiger partial charge in [0.1, 0.15) is 0 Å². The Morgan fingerprint density at radius 2 is 1.71 bits per heavy atom. The van der Waals surface area contributed by atoms with E-state index in [1.807, 2.05) is 23.0 Å². The lowest BCUT2D eigenvalue weighted by atomic mass is 10.1. The molecular formula is C25H33N3O2S. The quantitative estimate of drug-likeness (QED) is 0.295. The number of carbonyl (C=O) groups is 1. The highest BCUT2D eigenvalue weighted by molar-refractivity contribution is 7.98. The van der Waals surface area contributed by atoms with Crippen LogP contribution >= 0.6 is 11.8 Å². The van der Waals surface area contributed by atoms with E-state index >= 15 is 0 Å². The van der Waals surface area contributed by atoms with Crippen molar-refractivity contribution in [3.8, 4) is 0 Å². The minimum absolute atomic E-state index is 0.319. The van der Waals surface area contributed by atoms with Crippen LogP contribution in [0.4, 0.5) is 0 Å². The maximum absolute atomic E-state index is 11.3. The van der Waals surface area contributed by atoms with Crippen molar-refractivity contribution >= 4 is 17.7 Å². The summed E-state index contributed by atoms with van der Waals surface area (Å²) in [7, 11) is 0. The molecule has 31 heavy (non-hydrogen) atoms. The fourth-order valence-electron chi connectivity index (χ4n) is 3.00. The number of thioether (sulfide) groups is 1. The summed E-state index contributed by atoms with van der Waals surface area (Å²) in [4.78, 5) is 12.1. The predicted molar refractivity (Wildman–Crippen MR) is 128 cm³/mol. The molecule has 1 aromatic carbocycles. The lowest BCUT2D eigenvalue weighted by Crippen LogP contribution is -1.98. The summed E-state index contributed by atoms with van der Waals surface area (Å²) < 4.78 is 1.82. The van der Waals surface area contributed by atoms with Crippen LogP contribution in [-0.4, -0.2) is 26.1 Å². The van der Waals surface area contributed by atoms with Crippen LogP contribution in [0.25, 0.3) is 0 Å². The molecule has 0 amide bonds. The van der Waals surface area contributed by atoms with Crippen molar-refractivity contribution in [1.29, 1.82) is 0 Å². The highest BCUT2D eigenvalue weighted by Crippen LogP contribution is 2.25. The highest BCUT2D eigenvalue weighted by Gasteiger charge is 2.10. The van der Waals surface area contributed by atoms with Gasteiger partial charge < -0.3 is 5.11 Å². The van der Waals surface area contributed by atoms with Crippen LogP contribution in [-0.2, 0) is 12.3 Å². The Balaban J connectivity index is 1.78. The zero-order chi connectivity index (χ0) is 22.6. The van der Waals surface area contributed by atoms with Gasteiger partial charge in [-0.3, -0.25) is 0 Å². The van der Waals surface area contributed by atoms with E-state index in [9.17, 15) is 9.90 Å². The maximum Gasteiger partial charge on any atom is 0.336 e. The number of rotatable bonds is 12. The van der Waals surface area contributed by atoms with Crippen molar-refractivity contribution in [3.63, 3.8) is 0 Å². The first kappa shape index (κ1) is 24.7. The molecule has 0 fully saturated rings. The molecular weight excluding hydrogens is 406 g/mol. The number of carboxylic acid groups (broad SMARTS) is 1. The van der Waals surface area contributed by atoms with Crippen molar-refractivity contribution in [2.45, 2.75) is 70.6 Å². The van der Waals surface area contributed by atoms with Crippen LogP contribution in [0, 0.1) is 0 Å². The van der Waals surface area contributed by atoms with Crippen molar-refractivity contribution in [2.24, 2.45) is 0 Å². The summed E-state index contributed by atoms with van der Waals surface area (Å²) in [5.41, 5.74) is 5.33. The van der Waals surface area contributed by atoms with E-state index in [-0.39, 0.29) is 0 Å². The molecule has 1 heterocycles. The second kappa shape index (κ2) is 13.0. The molecule has 1 N–H and O–H groups in total. The smallest absolute Gasteiger partial charge is 0.336 e. The maximum atomic E-state index is 11.3. The first-order valence-electron chi connectivity index (χ1n) is 10.6. The largest absolute Gasteiger partial charge is 0.478 e. The topological polar surface area (TPSA) is 68.0 Å². The summed E-state index contributed by atoms with van der Waals surface area (Å²) in [6, 6.07) is 7.02. The van der Waals surface area contributed by atoms with E-state index in [0.717, 1.165) is 36.3 Å². The molecule has 2 aromatic rings. The molecule has 1 aromatic heterocycles. The van der Waals surface area contributed by atoms with Gasteiger partial charge in [0.25, 0.3) is 0 Å². The van der Waals surface area contributed by atoms with Crippen LogP contribution in [0.15, 0.2) is 70.3 Å². The standard InChI is InChI=1S/C25H33N3O2S/c1-19(2)9-7-10-20(3)11-8-12-21(4)15-16-28-17-22(26-27-28)18-31-24-14-6-5-13-23(24)25(29)30/h5-6,9,11,13-15,17H,7-8,10,12,16,18H2,1-4H3,(H,29,30)/b20-11+,21-15+. The third-order valence-electron chi connectivity index (χ3n) is 4.83. The zero-order valence-electron chi connectivity index (χ0n) is 19.0. The van der Waals surface area contributed by atoms with E-state index in [2.05, 4.69) is 56.2 Å². The van der Waals surface area contributed by atoms with Crippen molar-refractivity contribution in [1.82, 2.24) is 15.0 Å².